The molecule has 0 amide bonds. The van der Waals surface area contributed by atoms with E-state index in [0.717, 1.165) is 43.3 Å². The Balaban J connectivity index is 1.66. The molecule has 0 heterocycles. The van der Waals surface area contributed by atoms with Crippen LogP contribution in [-0.2, 0) is 9.59 Å². The summed E-state index contributed by atoms with van der Waals surface area (Å²) in [7, 11) is 0. The smallest absolute Gasteiger partial charge is 0.220 e. The van der Waals surface area contributed by atoms with Crippen molar-refractivity contribution in [2.45, 2.75) is 79.8 Å². The first-order chi connectivity index (χ1) is 14.8. The number of fused-ring (bicyclic) bond motifs is 7. The fourth-order valence-corrected chi connectivity index (χ4v) is 8.44. The number of Topliss-reactive ketones (excluding diaryl/α,β-unsaturated/α-hetero) is 1. The molecule has 0 aliphatic heterocycles. The first kappa shape index (κ1) is 21.9. The van der Waals surface area contributed by atoms with Crippen LogP contribution in [0.4, 0.5) is 0 Å². The quantitative estimate of drug-likeness (QED) is 0.534. The van der Waals surface area contributed by atoms with Gasteiger partial charge in [0.15, 0.2) is 11.5 Å². The molecule has 2 N–H and O–H groups in total. The molecule has 0 spiro atoms. The lowest BCUT2D eigenvalue weighted by Gasteiger charge is -2.69. The first-order valence-corrected chi connectivity index (χ1v) is 12.1. The fourth-order valence-electron chi connectivity index (χ4n) is 8.44. The van der Waals surface area contributed by atoms with Crippen molar-refractivity contribution in [2.24, 2.45) is 33.5 Å². The molecule has 0 aromatic carbocycles. The summed E-state index contributed by atoms with van der Waals surface area (Å²) in [5, 5.41) is 21.3. The SMILES string of the molecule is CC1=C(O)C(=O)C=C2C1=CC=C1[C@@]2(C)CC[C@@]2(C)C3C[C@@H](C)C(=O)[C@@H](O)[C@]3(C)CC[C@]12C. The van der Waals surface area contributed by atoms with Gasteiger partial charge in [0.1, 0.15) is 6.10 Å². The van der Waals surface area contributed by atoms with E-state index >= 15 is 0 Å². The summed E-state index contributed by atoms with van der Waals surface area (Å²) in [6.07, 6.45) is 9.60. The molecule has 3 saturated carbocycles. The van der Waals surface area contributed by atoms with E-state index in [1.807, 2.05) is 13.8 Å². The van der Waals surface area contributed by atoms with Crippen LogP contribution in [0.3, 0.4) is 0 Å². The Morgan fingerprint density at radius 1 is 1.00 bits per heavy atom. The third kappa shape index (κ3) is 2.32. The summed E-state index contributed by atoms with van der Waals surface area (Å²) in [5.41, 5.74) is 3.29. The van der Waals surface area contributed by atoms with Gasteiger partial charge in [0, 0.05) is 22.3 Å². The van der Waals surface area contributed by atoms with Crippen molar-refractivity contribution in [3.8, 4) is 0 Å². The molecule has 0 aromatic rings. The second-order valence-electron chi connectivity index (χ2n) is 12.1. The van der Waals surface area contributed by atoms with E-state index in [0.29, 0.717) is 5.57 Å². The second-order valence-corrected chi connectivity index (χ2v) is 12.1. The maximum Gasteiger partial charge on any atom is 0.220 e. The van der Waals surface area contributed by atoms with E-state index in [4.69, 9.17) is 0 Å². The topological polar surface area (TPSA) is 74.6 Å². The number of ketones is 2. The summed E-state index contributed by atoms with van der Waals surface area (Å²) < 4.78 is 0. The standard InChI is InChI=1S/C28H36O4/c1-15-13-21-26(4,24(32)22(15)30)10-12-27(5)20-8-7-17-16(2)23(31)19(29)14-18(17)25(20,3)9-11-28(21,27)6/h7-8,14-15,21,24,31-32H,9-13H2,1-6H3/t15-,21?,24-,25+,26-,27-,28+/m1/s1. The van der Waals surface area contributed by atoms with Crippen LogP contribution in [0.15, 0.2) is 46.3 Å². The number of aliphatic hydroxyl groups is 2. The predicted octanol–water partition coefficient (Wildman–Crippen LogP) is 5.39. The number of allylic oxidation sites excluding steroid dienone is 7. The van der Waals surface area contributed by atoms with Gasteiger partial charge in [-0.2, -0.15) is 0 Å². The summed E-state index contributed by atoms with van der Waals surface area (Å²) >= 11 is 0. The number of hydrogen-bond acceptors (Lipinski definition) is 4. The van der Waals surface area contributed by atoms with Gasteiger partial charge in [0.05, 0.1) is 0 Å². The van der Waals surface area contributed by atoms with Crippen molar-refractivity contribution < 1.29 is 19.8 Å². The molecule has 5 aliphatic carbocycles. The molecular formula is C28H36O4. The van der Waals surface area contributed by atoms with Crippen LogP contribution < -0.4 is 0 Å². The van der Waals surface area contributed by atoms with Crippen LogP contribution in [-0.4, -0.2) is 27.9 Å². The summed E-state index contributed by atoms with van der Waals surface area (Å²) in [5.74, 6) is -0.282. The first-order valence-electron chi connectivity index (χ1n) is 12.1. The summed E-state index contributed by atoms with van der Waals surface area (Å²) in [6, 6.07) is 0. The molecule has 0 bridgehead atoms. The lowest BCUT2D eigenvalue weighted by atomic mass is 9.35. The Labute approximate surface area is 191 Å². The van der Waals surface area contributed by atoms with Gasteiger partial charge in [-0.3, -0.25) is 9.59 Å². The molecule has 0 saturated heterocycles. The summed E-state index contributed by atoms with van der Waals surface area (Å²) in [4.78, 5) is 25.3. The van der Waals surface area contributed by atoms with Crippen molar-refractivity contribution in [3.05, 3.63) is 46.3 Å². The third-order valence-corrected chi connectivity index (χ3v) is 10.9. The lowest BCUT2D eigenvalue weighted by Crippen LogP contribution is -2.65. The van der Waals surface area contributed by atoms with Gasteiger partial charge in [-0.25, -0.2) is 0 Å². The number of aliphatic hydroxyl groups excluding tert-OH is 2. The van der Waals surface area contributed by atoms with E-state index in [1.165, 1.54) is 5.57 Å². The van der Waals surface area contributed by atoms with E-state index in [1.54, 1.807) is 6.08 Å². The number of hydrogen-bond donors (Lipinski definition) is 2. The van der Waals surface area contributed by atoms with E-state index < -0.39 is 6.10 Å². The molecule has 5 rings (SSSR count). The molecule has 0 radical (unpaired) electrons. The van der Waals surface area contributed by atoms with E-state index in [2.05, 4.69) is 39.8 Å². The van der Waals surface area contributed by atoms with Gasteiger partial charge in [-0.1, -0.05) is 52.3 Å². The van der Waals surface area contributed by atoms with Gasteiger partial charge in [0.25, 0.3) is 0 Å². The zero-order valence-electron chi connectivity index (χ0n) is 20.2. The monoisotopic (exact) mass is 436 g/mol. The lowest BCUT2D eigenvalue weighted by molar-refractivity contribution is -0.192. The van der Waals surface area contributed by atoms with Crippen molar-refractivity contribution in [1.82, 2.24) is 0 Å². The molecule has 4 heteroatoms. The van der Waals surface area contributed by atoms with Gasteiger partial charge in [-0.05, 0) is 73.0 Å². The van der Waals surface area contributed by atoms with Crippen LogP contribution in [0.25, 0.3) is 0 Å². The third-order valence-electron chi connectivity index (χ3n) is 10.9. The molecule has 7 atom stereocenters. The zero-order chi connectivity index (χ0) is 23.4. The molecule has 172 valence electrons. The molecule has 3 fully saturated rings. The Morgan fingerprint density at radius 3 is 2.38 bits per heavy atom. The van der Waals surface area contributed by atoms with Crippen molar-refractivity contribution in [3.63, 3.8) is 0 Å². The predicted molar refractivity (Wildman–Crippen MR) is 124 cm³/mol. The minimum absolute atomic E-state index is 0.00833. The Kier molecular flexibility index (Phi) is 4.34. The number of carbonyl (C=O) groups excluding carboxylic acids is 2. The number of rotatable bonds is 0. The minimum atomic E-state index is -0.882. The van der Waals surface area contributed by atoms with Crippen LogP contribution in [0.5, 0.6) is 0 Å². The minimum Gasteiger partial charge on any atom is -0.504 e. The largest absolute Gasteiger partial charge is 0.504 e. The number of carbonyl (C=O) groups is 2. The van der Waals surface area contributed by atoms with Crippen LogP contribution in [0, 0.1) is 33.5 Å². The highest BCUT2D eigenvalue weighted by Gasteiger charge is 2.68. The Hall–Kier alpha value is -1.94. The van der Waals surface area contributed by atoms with Crippen LogP contribution in [0.1, 0.15) is 73.6 Å². The molecular weight excluding hydrogens is 400 g/mol. The highest BCUT2D eigenvalue weighted by atomic mass is 16.3. The van der Waals surface area contributed by atoms with Gasteiger partial charge < -0.3 is 10.2 Å². The van der Waals surface area contributed by atoms with Crippen molar-refractivity contribution in [2.75, 3.05) is 0 Å². The van der Waals surface area contributed by atoms with Crippen molar-refractivity contribution in [1.29, 1.82) is 0 Å². The molecule has 0 aromatic heterocycles. The maximum atomic E-state index is 12.7. The zero-order valence-corrected chi connectivity index (χ0v) is 20.2. The Bertz CT molecular complexity index is 1070. The van der Waals surface area contributed by atoms with Gasteiger partial charge in [0.2, 0.25) is 5.78 Å². The molecule has 1 unspecified atom stereocenters. The van der Waals surface area contributed by atoms with Gasteiger partial charge in [-0.15, -0.1) is 0 Å². The van der Waals surface area contributed by atoms with Crippen LogP contribution in [0.2, 0.25) is 0 Å². The Morgan fingerprint density at radius 2 is 1.69 bits per heavy atom. The molecule has 5 aliphatic rings. The molecule has 32 heavy (non-hydrogen) atoms. The highest BCUT2D eigenvalue weighted by molar-refractivity contribution is 6.06. The average molecular weight is 437 g/mol. The second kappa shape index (κ2) is 6.34. The van der Waals surface area contributed by atoms with Crippen LogP contribution >= 0.6 is 0 Å². The normalized spacial score (nSPS) is 48.1. The van der Waals surface area contributed by atoms with Crippen molar-refractivity contribution >= 4 is 11.6 Å². The average Bonchev–Trinajstić information content (AvgIpc) is 2.75. The maximum absolute atomic E-state index is 12.7. The highest BCUT2D eigenvalue weighted by Crippen LogP contribution is 2.74. The van der Waals surface area contributed by atoms with E-state index in [-0.39, 0.29) is 50.8 Å². The van der Waals surface area contributed by atoms with E-state index in [9.17, 15) is 19.8 Å². The molecule has 4 nitrogen and oxygen atoms in total. The van der Waals surface area contributed by atoms with Gasteiger partial charge >= 0.3 is 0 Å². The summed E-state index contributed by atoms with van der Waals surface area (Å²) in [6.45, 7) is 13.0. The fraction of sp³-hybridized carbons (Fsp3) is 0.643.